The van der Waals surface area contributed by atoms with Gasteiger partial charge in [-0.15, -0.1) is 0 Å². The van der Waals surface area contributed by atoms with Crippen molar-refractivity contribution in [3.63, 3.8) is 0 Å². The molecule has 0 aliphatic carbocycles. The molecule has 1 rings (SSSR count). The lowest BCUT2D eigenvalue weighted by molar-refractivity contribution is -0.148. The number of carbonyl (C=O) groups excluding carboxylic acids is 3. The molecule has 0 radical (unpaired) electrons. The van der Waals surface area contributed by atoms with Crippen LogP contribution in [0.25, 0.3) is 0 Å². The van der Waals surface area contributed by atoms with Crippen LogP contribution in [0.4, 0.5) is 5.69 Å². The molecule has 2 N–H and O–H groups in total. The van der Waals surface area contributed by atoms with Crippen LogP contribution < -0.4 is 10.6 Å². The average molecular weight is 357 g/mol. The predicted octanol–water partition coefficient (Wildman–Crippen LogP) is -0.445. The molecular formula is C14H19N3O6S. The number of anilines is 1. The minimum atomic E-state index is -3.90. The van der Waals surface area contributed by atoms with Crippen molar-refractivity contribution in [2.45, 2.75) is 11.8 Å². The maximum Gasteiger partial charge on any atom is 0.321 e. The summed E-state index contributed by atoms with van der Waals surface area (Å²) in [6.07, 6.45) is 0. The van der Waals surface area contributed by atoms with E-state index in [2.05, 4.69) is 15.4 Å². The number of nitrogens with zero attached hydrogens (tertiary/aromatic N) is 1. The Balaban J connectivity index is 2.74. The molecule has 1 aromatic rings. The number of likely N-dealkylation sites (N-methyl/N-ethyl adjacent to an activating group) is 2. The molecule has 132 valence electrons. The number of carbonyl (C=O) groups is 3. The van der Waals surface area contributed by atoms with Gasteiger partial charge in [0.1, 0.15) is 6.54 Å². The lowest BCUT2D eigenvalue weighted by Gasteiger charge is -2.16. The summed E-state index contributed by atoms with van der Waals surface area (Å²) in [7, 11) is -1.30. The molecule has 0 atom stereocenters. The maximum atomic E-state index is 12.3. The van der Waals surface area contributed by atoms with Gasteiger partial charge in [0, 0.05) is 26.7 Å². The van der Waals surface area contributed by atoms with Crippen molar-refractivity contribution < 1.29 is 27.5 Å². The standard InChI is InChI=1S/C14H19N3O6S/c1-10(18)16-11-4-6-12(7-5-11)24(21,22)17(3)8-14(20)23-9-13(19)15-2/h4-7H,8-9H2,1-3H3,(H,15,19)(H,16,18). The van der Waals surface area contributed by atoms with E-state index in [0.717, 1.165) is 4.31 Å². The first-order valence-electron chi connectivity index (χ1n) is 6.87. The Kier molecular flexibility index (Phi) is 6.86. The molecular weight excluding hydrogens is 338 g/mol. The number of hydrogen-bond acceptors (Lipinski definition) is 6. The van der Waals surface area contributed by atoms with Gasteiger partial charge in [-0.1, -0.05) is 0 Å². The van der Waals surface area contributed by atoms with Crippen molar-refractivity contribution in [2.75, 3.05) is 32.6 Å². The molecule has 0 fully saturated rings. The van der Waals surface area contributed by atoms with Crippen LogP contribution in [0.5, 0.6) is 0 Å². The highest BCUT2D eigenvalue weighted by atomic mass is 32.2. The normalized spacial score (nSPS) is 11.0. The highest BCUT2D eigenvalue weighted by Gasteiger charge is 2.23. The molecule has 10 heteroatoms. The fraction of sp³-hybridized carbons (Fsp3) is 0.357. The van der Waals surface area contributed by atoms with Crippen molar-refractivity contribution >= 4 is 33.5 Å². The van der Waals surface area contributed by atoms with Crippen LogP contribution in [-0.4, -0.2) is 57.8 Å². The lowest BCUT2D eigenvalue weighted by atomic mass is 10.3. The second-order valence-electron chi connectivity index (χ2n) is 4.80. The molecule has 0 aliphatic heterocycles. The van der Waals surface area contributed by atoms with Gasteiger partial charge in [-0.05, 0) is 24.3 Å². The van der Waals surface area contributed by atoms with Gasteiger partial charge in [-0.3, -0.25) is 14.4 Å². The second-order valence-corrected chi connectivity index (χ2v) is 6.85. The Hall–Kier alpha value is -2.46. The van der Waals surface area contributed by atoms with Crippen LogP contribution in [0.2, 0.25) is 0 Å². The topological polar surface area (TPSA) is 122 Å². The molecule has 1 aromatic carbocycles. The summed E-state index contributed by atoms with van der Waals surface area (Å²) in [5.74, 6) is -1.62. The first-order valence-corrected chi connectivity index (χ1v) is 8.31. The number of esters is 1. The van der Waals surface area contributed by atoms with E-state index in [4.69, 9.17) is 0 Å². The molecule has 0 spiro atoms. The average Bonchev–Trinajstić information content (AvgIpc) is 2.52. The first-order chi connectivity index (χ1) is 11.2. The summed E-state index contributed by atoms with van der Waals surface area (Å²) >= 11 is 0. The molecule has 0 aliphatic rings. The number of rotatable bonds is 7. The minimum Gasteiger partial charge on any atom is -0.455 e. The Labute approximate surface area is 140 Å². The van der Waals surface area contributed by atoms with Crippen LogP contribution >= 0.6 is 0 Å². The zero-order valence-corrected chi connectivity index (χ0v) is 14.3. The zero-order valence-electron chi connectivity index (χ0n) is 13.5. The van der Waals surface area contributed by atoms with E-state index in [-0.39, 0.29) is 10.8 Å². The van der Waals surface area contributed by atoms with Crippen LogP contribution in [0.15, 0.2) is 29.2 Å². The van der Waals surface area contributed by atoms with Gasteiger partial charge < -0.3 is 15.4 Å². The van der Waals surface area contributed by atoms with Crippen molar-refractivity contribution in [2.24, 2.45) is 0 Å². The number of amides is 2. The largest absolute Gasteiger partial charge is 0.455 e. The molecule has 0 aromatic heterocycles. The van der Waals surface area contributed by atoms with Gasteiger partial charge in [0.2, 0.25) is 15.9 Å². The third kappa shape index (κ3) is 5.63. The Morgan fingerprint density at radius 1 is 1.17 bits per heavy atom. The van der Waals surface area contributed by atoms with Gasteiger partial charge in [0.05, 0.1) is 4.90 Å². The predicted molar refractivity (Wildman–Crippen MR) is 85.6 cm³/mol. The Bertz CT molecular complexity index is 715. The summed E-state index contributed by atoms with van der Waals surface area (Å²) in [6.45, 7) is 0.324. The van der Waals surface area contributed by atoms with Crippen molar-refractivity contribution in [3.05, 3.63) is 24.3 Å². The summed E-state index contributed by atoms with van der Waals surface area (Å²) in [4.78, 5) is 33.4. The number of benzene rings is 1. The SMILES string of the molecule is CNC(=O)COC(=O)CN(C)S(=O)(=O)c1ccc(NC(C)=O)cc1. The first kappa shape index (κ1) is 19.6. The zero-order chi connectivity index (χ0) is 18.3. The maximum absolute atomic E-state index is 12.3. The quantitative estimate of drug-likeness (QED) is 0.638. The van der Waals surface area contributed by atoms with Gasteiger partial charge in [-0.25, -0.2) is 8.42 Å². The van der Waals surface area contributed by atoms with E-state index in [0.29, 0.717) is 5.69 Å². The molecule has 2 amide bonds. The lowest BCUT2D eigenvalue weighted by Crippen LogP contribution is -2.34. The molecule has 0 heterocycles. The number of hydrogen-bond donors (Lipinski definition) is 2. The van der Waals surface area contributed by atoms with Crippen molar-refractivity contribution in [1.82, 2.24) is 9.62 Å². The third-order valence-corrected chi connectivity index (χ3v) is 4.70. The van der Waals surface area contributed by atoms with Crippen LogP contribution in [0, 0.1) is 0 Å². The van der Waals surface area contributed by atoms with Gasteiger partial charge in [0.15, 0.2) is 6.61 Å². The number of sulfonamides is 1. The van der Waals surface area contributed by atoms with E-state index in [1.165, 1.54) is 45.3 Å². The van der Waals surface area contributed by atoms with Crippen LogP contribution in [-0.2, 0) is 29.1 Å². The second kappa shape index (κ2) is 8.41. The Morgan fingerprint density at radius 2 is 1.75 bits per heavy atom. The summed E-state index contributed by atoms with van der Waals surface area (Å²) in [5, 5.41) is 4.79. The molecule has 0 bridgehead atoms. The van der Waals surface area contributed by atoms with Crippen LogP contribution in [0.3, 0.4) is 0 Å². The fourth-order valence-corrected chi connectivity index (χ4v) is 2.74. The highest BCUT2D eigenvalue weighted by Crippen LogP contribution is 2.17. The number of nitrogens with one attached hydrogen (secondary N) is 2. The number of ether oxygens (including phenoxy) is 1. The third-order valence-electron chi connectivity index (χ3n) is 2.88. The van der Waals surface area contributed by atoms with Crippen molar-refractivity contribution in [1.29, 1.82) is 0 Å². The van der Waals surface area contributed by atoms with E-state index < -0.39 is 35.1 Å². The summed E-state index contributed by atoms with van der Waals surface area (Å²) < 4.78 is 30.2. The molecule has 0 saturated heterocycles. The molecule has 24 heavy (non-hydrogen) atoms. The molecule has 0 saturated carbocycles. The summed E-state index contributed by atoms with van der Waals surface area (Å²) in [5.41, 5.74) is 0.453. The van der Waals surface area contributed by atoms with Gasteiger partial charge in [-0.2, -0.15) is 4.31 Å². The highest BCUT2D eigenvalue weighted by molar-refractivity contribution is 7.89. The fourth-order valence-electron chi connectivity index (χ4n) is 1.62. The van der Waals surface area contributed by atoms with Crippen LogP contribution in [0.1, 0.15) is 6.92 Å². The van der Waals surface area contributed by atoms with E-state index in [9.17, 15) is 22.8 Å². The summed E-state index contributed by atoms with van der Waals surface area (Å²) in [6, 6.07) is 5.50. The minimum absolute atomic E-state index is 0.0433. The van der Waals surface area contributed by atoms with E-state index >= 15 is 0 Å². The van der Waals surface area contributed by atoms with E-state index in [1.807, 2.05) is 0 Å². The van der Waals surface area contributed by atoms with Gasteiger partial charge in [0.25, 0.3) is 5.91 Å². The monoisotopic (exact) mass is 357 g/mol. The smallest absolute Gasteiger partial charge is 0.321 e. The molecule has 9 nitrogen and oxygen atoms in total. The van der Waals surface area contributed by atoms with E-state index in [1.54, 1.807) is 0 Å². The Morgan fingerprint density at radius 3 is 2.25 bits per heavy atom. The van der Waals surface area contributed by atoms with Crippen molar-refractivity contribution in [3.8, 4) is 0 Å². The molecule has 0 unspecified atom stereocenters. The van der Waals surface area contributed by atoms with Gasteiger partial charge >= 0.3 is 5.97 Å².